The van der Waals surface area contributed by atoms with E-state index in [1.54, 1.807) is 0 Å². The van der Waals surface area contributed by atoms with Gasteiger partial charge in [-0.05, 0) is 0 Å². The predicted octanol–water partition coefficient (Wildman–Crippen LogP) is -2.56. The van der Waals surface area contributed by atoms with E-state index in [2.05, 4.69) is 0 Å². The molecule has 1 rings (SSSR count). The first kappa shape index (κ1) is 10.8. The summed E-state index contributed by atoms with van der Waals surface area (Å²) in [6, 6.07) is 0. The molecule has 6 heteroatoms. The van der Waals surface area contributed by atoms with Crippen LogP contribution in [0.4, 0.5) is 0 Å². The van der Waals surface area contributed by atoms with Gasteiger partial charge in [0.05, 0.1) is 13.2 Å². The topological polar surface area (TPSA) is 99.4 Å². The van der Waals surface area contributed by atoms with E-state index in [1.807, 2.05) is 0 Å². The van der Waals surface area contributed by atoms with Gasteiger partial charge in [0.1, 0.15) is 12.7 Å². The standard InChI is InChI=1S/C7H14O6/c1-12-7(4-9)6(11,3-8)5(10)2-13-7/h5,8-11H,2-4H2,1H3/t5-,6-,7-/m1/s1. The Kier molecular flexibility index (Phi) is 2.91. The minimum atomic E-state index is -1.98. The monoisotopic (exact) mass is 194 g/mol. The van der Waals surface area contributed by atoms with Crippen molar-refractivity contribution in [2.45, 2.75) is 17.5 Å². The van der Waals surface area contributed by atoms with Crippen LogP contribution in [0.25, 0.3) is 0 Å². The van der Waals surface area contributed by atoms with Crippen LogP contribution < -0.4 is 0 Å². The third-order valence-electron chi connectivity index (χ3n) is 2.46. The summed E-state index contributed by atoms with van der Waals surface area (Å²) in [6.07, 6.45) is -1.27. The van der Waals surface area contributed by atoms with Gasteiger partial charge in [0.25, 0.3) is 0 Å². The van der Waals surface area contributed by atoms with E-state index in [0.717, 1.165) is 0 Å². The highest BCUT2D eigenvalue weighted by molar-refractivity contribution is 5.04. The number of ether oxygens (including phenoxy) is 2. The zero-order valence-corrected chi connectivity index (χ0v) is 7.30. The summed E-state index contributed by atoms with van der Waals surface area (Å²) < 4.78 is 9.71. The van der Waals surface area contributed by atoms with E-state index < -0.39 is 30.7 Å². The molecule has 78 valence electrons. The average molecular weight is 194 g/mol. The summed E-state index contributed by atoms with van der Waals surface area (Å²) in [5, 5.41) is 37.0. The number of hydrogen-bond acceptors (Lipinski definition) is 6. The Morgan fingerprint density at radius 3 is 2.38 bits per heavy atom. The molecule has 0 amide bonds. The van der Waals surface area contributed by atoms with E-state index in [-0.39, 0.29) is 6.61 Å². The van der Waals surface area contributed by atoms with Gasteiger partial charge in [0, 0.05) is 7.11 Å². The lowest BCUT2D eigenvalue weighted by atomic mass is 9.91. The van der Waals surface area contributed by atoms with Gasteiger partial charge >= 0.3 is 0 Å². The van der Waals surface area contributed by atoms with Crippen LogP contribution in [-0.2, 0) is 9.47 Å². The van der Waals surface area contributed by atoms with Gasteiger partial charge in [-0.15, -0.1) is 0 Å². The summed E-state index contributed by atoms with van der Waals surface area (Å²) in [5.41, 5.74) is -1.98. The highest BCUT2D eigenvalue weighted by Crippen LogP contribution is 2.36. The second-order valence-corrected chi connectivity index (χ2v) is 3.02. The third-order valence-corrected chi connectivity index (χ3v) is 2.46. The van der Waals surface area contributed by atoms with Crippen molar-refractivity contribution in [1.29, 1.82) is 0 Å². The molecule has 1 aliphatic rings. The van der Waals surface area contributed by atoms with Crippen LogP contribution in [0.5, 0.6) is 0 Å². The smallest absolute Gasteiger partial charge is 0.226 e. The van der Waals surface area contributed by atoms with E-state index >= 15 is 0 Å². The normalized spacial score (nSPS) is 45.5. The van der Waals surface area contributed by atoms with Crippen molar-refractivity contribution in [3.8, 4) is 0 Å². The molecule has 0 aromatic rings. The summed E-state index contributed by atoms with van der Waals surface area (Å²) >= 11 is 0. The molecule has 0 aromatic heterocycles. The van der Waals surface area contributed by atoms with Gasteiger partial charge in [0.2, 0.25) is 5.79 Å². The SMILES string of the molecule is CO[C@]1(CO)OC[C@@H](O)[C@]1(O)CO. The lowest BCUT2D eigenvalue weighted by Crippen LogP contribution is -2.61. The van der Waals surface area contributed by atoms with Crippen molar-refractivity contribution >= 4 is 0 Å². The first-order valence-electron chi connectivity index (χ1n) is 3.87. The lowest BCUT2D eigenvalue weighted by molar-refractivity contribution is -0.297. The fraction of sp³-hybridized carbons (Fsp3) is 1.00. The maximum Gasteiger partial charge on any atom is 0.226 e. The fourth-order valence-electron chi connectivity index (χ4n) is 1.44. The van der Waals surface area contributed by atoms with Gasteiger partial charge in [-0.3, -0.25) is 0 Å². The van der Waals surface area contributed by atoms with E-state index in [4.69, 9.17) is 19.7 Å². The maximum absolute atomic E-state index is 9.77. The molecular formula is C7H14O6. The van der Waals surface area contributed by atoms with E-state index in [0.29, 0.717) is 0 Å². The number of methoxy groups -OCH3 is 1. The maximum atomic E-state index is 9.77. The number of hydrogen-bond donors (Lipinski definition) is 4. The molecule has 1 fully saturated rings. The van der Waals surface area contributed by atoms with Crippen LogP contribution in [0, 0.1) is 0 Å². The molecule has 6 nitrogen and oxygen atoms in total. The Morgan fingerprint density at radius 2 is 2.08 bits per heavy atom. The van der Waals surface area contributed by atoms with Crippen LogP contribution >= 0.6 is 0 Å². The molecule has 1 heterocycles. The summed E-state index contributed by atoms with van der Waals surface area (Å²) in [4.78, 5) is 0. The van der Waals surface area contributed by atoms with Gasteiger partial charge in [0.15, 0.2) is 5.60 Å². The molecule has 0 aliphatic carbocycles. The lowest BCUT2D eigenvalue weighted by Gasteiger charge is -2.37. The Bertz CT molecular complexity index is 174. The van der Waals surface area contributed by atoms with Crippen molar-refractivity contribution in [1.82, 2.24) is 0 Å². The fourth-order valence-corrected chi connectivity index (χ4v) is 1.44. The molecule has 13 heavy (non-hydrogen) atoms. The highest BCUT2D eigenvalue weighted by atomic mass is 16.7. The van der Waals surface area contributed by atoms with Gasteiger partial charge in [-0.25, -0.2) is 0 Å². The molecular weight excluding hydrogens is 180 g/mol. The second-order valence-electron chi connectivity index (χ2n) is 3.02. The largest absolute Gasteiger partial charge is 0.393 e. The third kappa shape index (κ3) is 1.26. The molecule has 0 saturated carbocycles. The van der Waals surface area contributed by atoms with Crippen LogP contribution in [0.1, 0.15) is 0 Å². The minimum Gasteiger partial charge on any atom is -0.393 e. The van der Waals surface area contributed by atoms with Crippen LogP contribution in [0.2, 0.25) is 0 Å². The molecule has 1 aliphatic heterocycles. The van der Waals surface area contributed by atoms with Crippen molar-refractivity contribution in [2.75, 3.05) is 26.9 Å². The van der Waals surface area contributed by atoms with Crippen molar-refractivity contribution in [2.24, 2.45) is 0 Å². The Morgan fingerprint density at radius 1 is 1.46 bits per heavy atom. The quantitative estimate of drug-likeness (QED) is 0.394. The molecule has 0 aromatic carbocycles. The Hall–Kier alpha value is -0.240. The predicted molar refractivity (Wildman–Crippen MR) is 40.8 cm³/mol. The molecule has 1 saturated heterocycles. The van der Waals surface area contributed by atoms with Gasteiger partial charge in [-0.1, -0.05) is 0 Å². The van der Waals surface area contributed by atoms with Crippen molar-refractivity contribution < 1.29 is 29.9 Å². The Labute approximate surface area is 75.3 Å². The Balaban J connectivity index is 2.97. The number of aliphatic hydroxyl groups excluding tert-OH is 3. The minimum absolute atomic E-state index is 0.189. The highest BCUT2D eigenvalue weighted by Gasteiger charge is 2.61. The molecule has 0 spiro atoms. The van der Waals surface area contributed by atoms with Gasteiger partial charge in [-0.2, -0.15) is 0 Å². The molecule has 3 atom stereocenters. The van der Waals surface area contributed by atoms with Crippen LogP contribution in [0.3, 0.4) is 0 Å². The first-order chi connectivity index (χ1) is 6.06. The van der Waals surface area contributed by atoms with Crippen molar-refractivity contribution in [3.63, 3.8) is 0 Å². The molecule has 0 unspecified atom stereocenters. The molecule has 0 bridgehead atoms. The molecule has 0 radical (unpaired) electrons. The summed E-state index contributed by atoms with van der Waals surface area (Å²) in [7, 11) is 1.22. The summed E-state index contributed by atoms with van der Waals surface area (Å²) in [5.74, 6) is -1.73. The zero-order valence-electron chi connectivity index (χ0n) is 7.30. The van der Waals surface area contributed by atoms with Gasteiger partial charge < -0.3 is 29.9 Å². The summed E-state index contributed by atoms with van der Waals surface area (Å²) in [6.45, 7) is -1.58. The second kappa shape index (κ2) is 3.49. The molecule has 4 N–H and O–H groups in total. The van der Waals surface area contributed by atoms with E-state index in [9.17, 15) is 10.2 Å². The van der Waals surface area contributed by atoms with E-state index in [1.165, 1.54) is 7.11 Å². The zero-order chi connectivity index (χ0) is 10.1. The number of rotatable bonds is 3. The van der Waals surface area contributed by atoms with Crippen LogP contribution in [-0.4, -0.2) is 64.8 Å². The number of aliphatic hydroxyl groups is 4. The first-order valence-corrected chi connectivity index (χ1v) is 3.87. The average Bonchev–Trinajstić information content (AvgIpc) is 2.42. The van der Waals surface area contributed by atoms with Crippen LogP contribution in [0.15, 0.2) is 0 Å². The van der Waals surface area contributed by atoms with Crippen molar-refractivity contribution in [3.05, 3.63) is 0 Å².